The first kappa shape index (κ1) is 21.2. The fourth-order valence-electron chi connectivity index (χ4n) is 2.17. The molecule has 2 heteroatoms. The molecule has 1 unspecified atom stereocenters. The average Bonchev–Trinajstić information content (AvgIpc) is 2.83. The summed E-state index contributed by atoms with van der Waals surface area (Å²) in [6.45, 7) is 20.3. The van der Waals surface area contributed by atoms with Gasteiger partial charge in [0.1, 0.15) is 0 Å². The van der Waals surface area contributed by atoms with Gasteiger partial charge in [0, 0.05) is 11.1 Å². The lowest BCUT2D eigenvalue weighted by Gasteiger charge is -2.25. The lowest BCUT2D eigenvalue weighted by Crippen LogP contribution is -2.21. The van der Waals surface area contributed by atoms with Crippen LogP contribution in [0.1, 0.15) is 53.4 Å². The molecule has 0 aromatic carbocycles. The summed E-state index contributed by atoms with van der Waals surface area (Å²) < 4.78 is 0. The molecule has 0 spiro atoms. The van der Waals surface area contributed by atoms with Crippen molar-refractivity contribution in [2.45, 2.75) is 53.4 Å². The van der Waals surface area contributed by atoms with Crippen molar-refractivity contribution >= 4 is 6.72 Å². The molecule has 0 aliphatic heterocycles. The summed E-state index contributed by atoms with van der Waals surface area (Å²) in [4.78, 5) is 4.18. The molecule has 0 bridgehead atoms. The van der Waals surface area contributed by atoms with E-state index in [9.17, 15) is 0 Å². The molecular formula is C18H34N2. The van der Waals surface area contributed by atoms with E-state index in [2.05, 4.69) is 44.0 Å². The number of hydrogen-bond acceptors (Lipinski definition) is 2. The van der Waals surface area contributed by atoms with Gasteiger partial charge in [-0.05, 0) is 51.6 Å². The second kappa shape index (κ2) is 12.9. The molecule has 0 aromatic rings. The fourth-order valence-corrected chi connectivity index (χ4v) is 2.17. The summed E-state index contributed by atoms with van der Waals surface area (Å²) in [6.07, 6.45) is 8.27. The summed E-state index contributed by atoms with van der Waals surface area (Å²) in [5.41, 5.74) is 2.63. The van der Waals surface area contributed by atoms with Crippen molar-refractivity contribution in [3.63, 3.8) is 0 Å². The highest BCUT2D eigenvalue weighted by Gasteiger charge is 2.34. The summed E-state index contributed by atoms with van der Waals surface area (Å²) in [6, 6.07) is 0. The maximum atomic E-state index is 4.18. The van der Waals surface area contributed by atoms with Crippen molar-refractivity contribution < 1.29 is 0 Å². The lowest BCUT2D eigenvalue weighted by atomic mass is 9.83. The highest BCUT2D eigenvalue weighted by molar-refractivity contribution is 5.40. The Balaban J connectivity index is 0. The van der Waals surface area contributed by atoms with Gasteiger partial charge >= 0.3 is 0 Å². The van der Waals surface area contributed by atoms with Crippen molar-refractivity contribution in [1.82, 2.24) is 5.32 Å². The van der Waals surface area contributed by atoms with E-state index in [4.69, 9.17) is 0 Å². The number of rotatable bonds is 6. The smallest absolute Gasteiger partial charge is 0.0487 e. The highest BCUT2D eigenvalue weighted by atomic mass is 14.8. The average molecular weight is 278 g/mol. The molecule has 0 aromatic heterocycles. The maximum Gasteiger partial charge on any atom is 0.0487 e. The van der Waals surface area contributed by atoms with Crippen LogP contribution >= 0.6 is 0 Å². The van der Waals surface area contributed by atoms with Crippen LogP contribution in [-0.4, -0.2) is 20.3 Å². The minimum Gasteiger partial charge on any atom is -0.320 e. The van der Waals surface area contributed by atoms with Crippen molar-refractivity contribution in [3.8, 4) is 0 Å². The Morgan fingerprint density at radius 2 is 1.90 bits per heavy atom. The Labute approximate surface area is 126 Å². The molecule has 0 amide bonds. The van der Waals surface area contributed by atoms with Gasteiger partial charge in [0.15, 0.2) is 0 Å². The Kier molecular flexibility index (Phi) is 13.6. The summed E-state index contributed by atoms with van der Waals surface area (Å²) >= 11 is 0. The van der Waals surface area contributed by atoms with Crippen LogP contribution in [0.15, 0.2) is 41.6 Å². The molecule has 1 aliphatic rings. The third-order valence-electron chi connectivity index (χ3n) is 3.44. The first-order valence-electron chi connectivity index (χ1n) is 7.67. The zero-order valence-corrected chi connectivity index (χ0v) is 14.3. The number of aliphatic imine (C=N–C) groups is 1. The van der Waals surface area contributed by atoms with Crippen LogP contribution in [0, 0.1) is 5.41 Å². The van der Waals surface area contributed by atoms with Gasteiger partial charge in [0.05, 0.1) is 0 Å². The standard InChI is InChI=1S/C12H20N2.C4H8.C2H6/c1-5-10-6-7-12(2,8-9-13-3)11(10)14-4;1-3-4-2;1-2/h5,13H,1,4,6-9H2,2-3H3;3H,1,4H2,2H3;1-2H3. The zero-order chi connectivity index (χ0) is 16.0. The van der Waals surface area contributed by atoms with Gasteiger partial charge in [-0.25, -0.2) is 0 Å². The first-order chi connectivity index (χ1) is 9.59. The molecule has 0 saturated heterocycles. The van der Waals surface area contributed by atoms with E-state index in [1.807, 2.05) is 33.0 Å². The molecule has 116 valence electrons. The topological polar surface area (TPSA) is 24.4 Å². The van der Waals surface area contributed by atoms with Gasteiger partial charge in [0.2, 0.25) is 0 Å². The molecule has 1 aliphatic carbocycles. The minimum absolute atomic E-state index is 0.203. The van der Waals surface area contributed by atoms with Gasteiger partial charge in [-0.3, -0.25) is 4.99 Å². The quantitative estimate of drug-likeness (QED) is 0.527. The Morgan fingerprint density at radius 1 is 1.35 bits per heavy atom. The van der Waals surface area contributed by atoms with Gasteiger partial charge in [-0.2, -0.15) is 0 Å². The van der Waals surface area contributed by atoms with Crippen molar-refractivity contribution in [2.75, 3.05) is 13.6 Å². The predicted octanol–water partition coefficient (Wildman–Crippen LogP) is 5.15. The lowest BCUT2D eigenvalue weighted by molar-refractivity contribution is 0.355. The molecule has 2 nitrogen and oxygen atoms in total. The molecule has 1 rings (SSSR count). The van der Waals surface area contributed by atoms with E-state index in [0.717, 1.165) is 31.5 Å². The number of nitrogens with one attached hydrogen (secondary N) is 1. The molecular weight excluding hydrogens is 244 g/mol. The van der Waals surface area contributed by atoms with Crippen LogP contribution in [-0.2, 0) is 0 Å². The SMILES string of the molecule is C=CC1=C(N=C)C(C)(CCNC)CC1.C=CCC.CC. The van der Waals surface area contributed by atoms with Crippen LogP contribution in [0.2, 0.25) is 0 Å². The third-order valence-corrected chi connectivity index (χ3v) is 3.44. The molecule has 0 fully saturated rings. The molecule has 1 atom stereocenters. The van der Waals surface area contributed by atoms with E-state index in [1.54, 1.807) is 0 Å². The molecule has 0 saturated carbocycles. The van der Waals surface area contributed by atoms with Crippen LogP contribution in [0.5, 0.6) is 0 Å². The number of hydrogen-bond donors (Lipinski definition) is 1. The largest absolute Gasteiger partial charge is 0.320 e. The van der Waals surface area contributed by atoms with E-state index < -0.39 is 0 Å². The highest BCUT2D eigenvalue weighted by Crippen LogP contribution is 2.45. The molecule has 0 heterocycles. The summed E-state index contributed by atoms with van der Waals surface area (Å²) in [7, 11) is 1.98. The minimum atomic E-state index is 0.203. The molecule has 1 N–H and O–H groups in total. The van der Waals surface area contributed by atoms with Gasteiger partial charge in [0.25, 0.3) is 0 Å². The monoisotopic (exact) mass is 278 g/mol. The number of allylic oxidation sites excluding steroid dienone is 4. The van der Waals surface area contributed by atoms with Crippen molar-refractivity contribution in [1.29, 1.82) is 0 Å². The third kappa shape index (κ3) is 6.85. The van der Waals surface area contributed by atoms with Gasteiger partial charge in [-0.1, -0.05) is 46.4 Å². The molecule has 20 heavy (non-hydrogen) atoms. The Bertz CT molecular complexity index is 315. The van der Waals surface area contributed by atoms with E-state index in [-0.39, 0.29) is 5.41 Å². The second-order valence-corrected chi connectivity index (χ2v) is 4.85. The van der Waals surface area contributed by atoms with E-state index in [1.165, 1.54) is 12.0 Å². The van der Waals surface area contributed by atoms with Crippen LogP contribution in [0.25, 0.3) is 0 Å². The Hall–Kier alpha value is -1.15. The van der Waals surface area contributed by atoms with Crippen molar-refractivity contribution in [3.05, 3.63) is 36.6 Å². The second-order valence-electron chi connectivity index (χ2n) is 4.85. The number of nitrogens with zero attached hydrogens (tertiary/aromatic N) is 1. The normalized spacial score (nSPS) is 20.2. The van der Waals surface area contributed by atoms with Gasteiger partial charge < -0.3 is 5.32 Å². The van der Waals surface area contributed by atoms with Crippen molar-refractivity contribution in [2.24, 2.45) is 10.4 Å². The van der Waals surface area contributed by atoms with E-state index in [0.29, 0.717) is 0 Å². The first-order valence-corrected chi connectivity index (χ1v) is 7.67. The van der Waals surface area contributed by atoms with Gasteiger partial charge in [-0.15, -0.1) is 6.58 Å². The molecule has 0 radical (unpaired) electrons. The Morgan fingerprint density at radius 3 is 2.25 bits per heavy atom. The van der Waals surface area contributed by atoms with E-state index >= 15 is 0 Å². The predicted molar refractivity (Wildman–Crippen MR) is 94.5 cm³/mol. The summed E-state index contributed by atoms with van der Waals surface area (Å²) in [5.74, 6) is 0. The zero-order valence-electron chi connectivity index (χ0n) is 14.3. The van der Waals surface area contributed by atoms with Crippen LogP contribution in [0.3, 0.4) is 0 Å². The van der Waals surface area contributed by atoms with Crippen LogP contribution < -0.4 is 5.32 Å². The summed E-state index contributed by atoms with van der Waals surface area (Å²) in [5, 5.41) is 3.19. The fraction of sp³-hybridized carbons (Fsp3) is 0.611. The maximum absolute atomic E-state index is 4.18. The van der Waals surface area contributed by atoms with Crippen LogP contribution in [0.4, 0.5) is 0 Å².